The number of hydrogen-bond donors (Lipinski definition) is 1. The molecule has 0 spiro atoms. The van der Waals surface area contributed by atoms with Crippen molar-refractivity contribution in [1.82, 2.24) is 9.97 Å². The van der Waals surface area contributed by atoms with Gasteiger partial charge in [0.05, 0.1) is 28.6 Å². The van der Waals surface area contributed by atoms with E-state index in [9.17, 15) is 5.11 Å². The average Bonchev–Trinajstić information content (AvgIpc) is 2.45. The topological polar surface area (TPSA) is 58.5 Å². The van der Waals surface area contributed by atoms with Gasteiger partial charge in [0.1, 0.15) is 17.7 Å². The molecule has 0 aliphatic carbocycles. The van der Waals surface area contributed by atoms with Crippen LogP contribution in [-0.2, 0) is 4.74 Å². The van der Waals surface area contributed by atoms with Crippen LogP contribution in [0.3, 0.4) is 0 Å². The minimum Gasteiger partial charge on any atom is -0.504 e. The van der Waals surface area contributed by atoms with Gasteiger partial charge in [-0.2, -0.15) is 0 Å². The highest BCUT2D eigenvalue weighted by Crippen LogP contribution is 2.39. The number of halogens is 2. The van der Waals surface area contributed by atoms with Gasteiger partial charge in [-0.25, -0.2) is 9.97 Å². The zero-order valence-corrected chi connectivity index (χ0v) is 11.4. The molecule has 100 valence electrons. The fourth-order valence-corrected chi connectivity index (χ4v) is 2.69. The van der Waals surface area contributed by atoms with Gasteiger partial charge in [-0.1, -0.05) is 23.2 Å². The van der Waals surface area contributed by atoms with E-state index in [0.29, 0.717) is 35.0 Å². The lowest BCUT2D eigenvalue weighted by Gasteiger charge is -2.28. The lowest BCUT2D eigenvalue weighted by atomic mass is 10.2. The van der Waals surface area contributed by atoms with Crippen LogP contribution in [0.25, 0.3) is 10.9 Å². The number of morpholine rings is 1. The van der Waals surface area contributed by atoms with E-state index in [-0.39, 0.29) is 10.8 Å². The third-order valence-electron chi connectivity index (χ3n) is 3.08. The van der Waals surface area contributed by atoms with Crippen LogP contribution >= 0.6 is 23.2 Å². The number of aromatic nitrogens is 2. The number of benzene rings is 1. The van der Waals surface area contributed by atoms with Crippen molar-refractivity contribution in [2.75, 3.05) is 31.2 Å². The first-order chi connectivity index (χ1) is 9.18. The molecule has 0 saturated carbocycles. The van der Waals surface area contributed by atoms with E-state index in [2.05, 4.69) is 14.9 Å². The summed E-state index contributed by atoms with van der Waals surface area (Å²) in [4.78, 5) is 10.4. The molecule has 7 heteroatoms. The number of rotatable bonds is 1. The number of nitrogens with zero attached hydrogens (tertiary/aromatic N) is 3. The van der Waals surface area contributed by atoms with Crippen molar-refractivity contribution in [1.29, 1.82) is 0 Å². The Balaban J connectivity index is 2.22. The standard InChI is InChI=1S/C12H11Cl2N3O2/c13-7-5-8(14)11(18)10-9(7)12(16-6-15-10)17-1-3-19-4-2-17/h5-6,18H,1-4H2. The molecule has 1 saturated heterocycles. The lowest BCUT2D eigenvalue weighted by molar-refractivity contribution is 0.122. The van der Waals surface area contributed by atoms with E-state index in [1.165, 1.54) is 12.4 Å². The molecule has 2 heterocycles. The van der Waals surface area contributed by atoms with Gasteiger partial charge in [0, 0.05) is 13.1 Å². The minimum absolute atomic E-state index is 0.0713. The summed E-state index contributed by atoms with van der Waals surface area (Å²) < 4.78 is 5.32. The van der Waals surface area contributed by atoms with Crippen molar-refractivity contribution in [3.05, 3.63) is 22.4 Å². The molecule has 1 aliphatic rings. The van der Waals surface area contributed by atoms with Gasteiger partial charge in [0.25, 0.3) is 0 Å². The summed E-state index contributed by atoms with van der Waals surface area (Å²) >= 11 is 12.1. The van der Waals surface area contributed by atoms with Crippen LogP contribution in [-0.4, -0.2) is 41.4 Å². The molecule has 0 bridgehead atoms. The Morgan fingerprint density at radius 3 is 2.63 bits per heavy atom. The Morgan fingerprint density at radius 2 is 1.89 bits per heavy atom. The quantitative estimate of drug-likeness (QED) is 0.877. The number of fused-ring (bicyclic) bond motifs is 1. The summed E-state index contributed by atoms with van der Waals surface area (Å²) in [7, 11) is 0. The SMILES string of the molecule is Oc1c(Cl)cc(Cl)c2c(N3CCOCC3)ncnc12. The third-order valence-corrected chi connectivity index (χ3v) is 3.67. The molecule has 5 nitrogen and oxygen atoms in total. The van der Waals surface area contributed by atoms with Crippen LogP contribution in [0.15, 0.2) is 12.4 Å². The van der Waals surface area contributed by atoms with Crippen molar-refractivity contribution < 1.29 is 9.84 Å². The third kappa shape index (κ3) is 2.18. The van der Waals surface area contributed by atoms with E-state index >= 15 is 0 Å². The molecule has 1 aromatic heterocycles. The maximum Gasteiger partial charge on any atom is 0.160 e. The van der Waals surface area contributed by atoms with E-state index in [1.54, 1.807) is 0 Å². The molecule has 19 heavy (non-hydrogen) atoms. The van der Waals surface area contributed by atoms with E-state index in [0.717, 1.165) is 13.1 Å². The van der Waals surface area contributed by atoms with Crippen molar-refractivity contribution in [3.8, 4) is 5.75 Å². The largest absolute Gasteiger partial charge is 0.504 e. The highest BCUT2D eigenvalue weighted by atomic mass is 35.5. The second kappa shape index (κ2) is 5.00. The van der Waals surface area contributed by atoms with Gasteiger partial charge >= 0.3 is 0 Å². The molecule has 1 N–H and O–H groups in total. The summed E-state index contributed by atoms with van der Waals surface area (Å²) in [6.07, 6.45) is 1.40. The summed E-state index contributed by atoms with van der Waals surface area (Å²) in [5, 5.41) is 11.2. The number of ether oxygens (including phenoxy) is 1. The van der Waals surface area contributed by atoms with Crippen LogP contribution in [0.4, 0.5) is 5.82 Å². The van der Waals surface area contributed by atoms with Gasteiger partial charge in [-0.3, -0.25) is 0 Å². The van der Waals surface area contributed by atoms with Gasteiger partial charge in [-0.15, -0.1) is 0 Å². The molecule has 2 aromatic rings. The van der Waals surface area contributed by atoms with Gasteiger partial charge in [0.15, 0.2) is 5.75 Å². The summed E-state index contributed by atoms with van der Waals surface area (Å²) in [6, 6.07) is 1.51. The van der Waals surface area contributed by atoms with E-state index < -0.39 is 0 Å². The first-order valence-corrected chi connectivity index (χ1v) is 6.58. The van der Waals surface area contributed by atoms with E-state index in [1.807, 2.05) is 0 Å². The van der Waals surface area contributed by atoms with Crippen molar-refractivity contribution in [3.63, 3.8) is 0 Å². The fourth-order valence-electron chi connectivity index (χ4n) is 2.16. The molecule has 1 fully saturated rings. The second-order valence-corrected chi connectivity index (χ2v) is 5.02. The lowest BCUT2D eigenvalue weighted by Crippen LogP contribution is -2.36. The van der Waals surface area contributed by atoms with Gasteiger partial charge < -0.3 is 14.7 Å². The molecule has 0 radical (unpaired) electrons. The number of hydrogen-bond acceptors (Lipinski definition) is 5. The van der Waals surface area contributed by atoms with Crippen LogP contribution in [0.2, 0.25) is 10.0 Å². The maximum atomic E-state index is 9.98. The first kappa shape index (κ1) is 12.7. The Bertz CT molecular complexity index is 630. The summed E-state index contributed by atoms with van der Waals surface area (Å²) in [5.74, 6) is 0.628. The summed E-state index contributed by atoms with van der Waals surface area (Å²) in [5.41, 5.74) is 0.369. The monoisotopic (exact) mass is 299 g/mol. The molecule has 0 unspecified atom stereocenters. The van der Waals surface area contributed by atoms with Crippen LogP contribution in [0.1, 0.15) is 0 Å². The smallest absolute Gasteiger partial charge is 0.160 e. The van der Waals surface area contributed by atoms with Crippen molar-refractivity contribution >= 4 is 39.9 Å². The highest BCUT2D eigenvalue weighted by molar-refractivity contribution is 6.40. The molecule has 0 atom stereocenters. The van der Waals surface area contributed by atoms with Crippen LogP contribution in [0, 0.1) is 0 Å². The number of anilines is 1. The number of phenolic OH excluding ortho intramolecular Hbond substituents is 1. The molecule has 1 aliphatic heterocycles. The molecular weight excluding hydrogens is 289 g/mol. The Kier molecular flexibility index (Phi) is 3.35. The highest BCUT2D eigenvalue weighted by Gasteiger charge is 2.20. The van der Waals surface area contributed by atoms with E-state index in [4.69, 9.17) is 27.9 Å². The zero-order valence-electron chi connectivity index (χ0n) is 9.94. The Labute approximate surface area is 119 Å². The predicted molar refractivity (Wildman–Crippen MR) is 74.3 cm³/mol. The molecule has 3 rings (SSSR count). The Morgan fingerprint density at radius 1 is 1.16 bits per heavy atom. The molecule has 0 amide bonds. The fraction of sp³-hybridized carbons (Fsp3) is 0.333. The van der Waals surface area contributed by atoms with Gasteiger partial charge in [0.2, 0.25) is 0 Å². The normalized spacial score (nSPS) is 16.0. The minimum atomic E-state index is -0.0713. The Hall–Kier alpha value is -1.30. The molecular formula is C12H11Cl2N3O2. The zero-order chi connectivity index (χ0) is 13.4. The number of phenols is 1. The van der Waals surface area contributed by atoms with Crippen molar-refractivity contribution in [2.45, 2.75) is 0 Å². The van der Waals surface area contributed by atoms with Crippen LogP contribution < -0.4 is 4.90 Å². The predicted octanol–water partition coefficient (Wildman–Crippen LogP) is 2.48. The van der Waals surface area contributed by atoms with Gasteiger partial charge in [-0.05, 0) is 6.07 Å². The van der Waals surface area contributed by atoms with Crippen molar-refractivity contribution in [2.24, 2.45) is 0 Å². The second-order valence-electron chi connectivity index (χ2n) is 4.21. The maximum absolute atomic E-state index is 9.98. The average molecular weight is 300 g/mol. The first-order valence-electron chi connectivity index (χ1n) is 5.83. The number of aromatic hydroxyl groups is 1. The van der Waals surface area contributed by atoms with Crippen LogP contribution in [0.5, 0.6) is 5.75 Å². The molecule has 1 aromatic carbocycles. The summed E-state index contributed by atoms with van der Waals surface area (Å²) in [6.45, 7) is 2.74.